The molecule has 0 bridgehead atoms. The minimum absolute atomic E-state index is 0.0546. The average molecular weight is 343 g/mol. The Morgan fingerprint density at radius 1 is 1.04 bits per heavy atom. The Morgan fingerprint density at radius 3 is 2.40 bits per heavy atom. The van der Waals surface area contributed by atoms with E-state index in [0.717, 1.165) is 18.8 Å². The summed E-state index contributed by atoms with van der Waals surface area (Å²) in [5, 5.41) is 2.49. The molecule has 1 aliphatic heterocycles. The first-order valence-corrected chi connectivity index (χ1v) is 8.17. The van der Waals surface area contributed by atoms with Crippen LogP contribution in [0, 0.1) is 5.82 Å². The van der Waals surface area contributed by atoms with Crippen LogP contribution >= 0.6 is 0 Å². The van der Waals surface area contributed by atoms with Gasteiger partial charge in [0.15, 0.2) is 12.4 Å². The number of halogens is 1. The van der Waals surface area contributed by atoms with E-state index in [-0.39, 0.29) is 18.0 Å². The lowest BCUT2D eigenvalue weighted by atomic mass is 10.2. The van der Waals surface area contributed by atoms with Crippen molar-refractivity contribution < 1.29 is 19.0 Å². The Morgan fingerprint density at radius 2 is 1.72 bits per heavy atom. The zero-order chi connectivity index (χ0) is 17.6. The Kier molecular flexibility index (Phi) is 5.23. The van der Waals surface area contributed by atoms with Gasteiger partial charge in [-0.1, -0.05) is 12.1 Å². The number of hydrogen-bond donors (Lipinski definition) is 1. The molecule has 1 fully saturated rings. The molecule has 0 atom stereocenters. The minimum Gasteiger partial charge on any atom is -0.368 e. The first-order valence-electron chi connectivity index (χ1n) is 8.17. The smallest absolute Gasteiger partial charge is 0.254 e. The van der Waals surface area contributed by atoms with Gasteiger partial charge in [-0.05, 0) is 12.1 Å². The lowest BCUT2D eigenvalue weighted by molar-refractivity contribution is -0.377. The second-order valence-electron chi connectivity index (χ2n) is 5.79. The molecule has 0 spiro atoms. The van der Waals surface area contributed by atoms with Crippen LogP contribution in [0.1, 0.15) is 10.4 Å². The number of pyridine rings is 1. The van der Waals surface area contributed by atoms with Crippen molar-refractivity contribution in [1.29, 1.82) is 0 Å². The van der Waals surface area contributed by atoms with Crippen LogP contribution in [-0.2, 0) is 4.79 Å². The van der Waals surface area contributed by atoms with Gasteiger partial charge < -0.3 is 15.1 Å². The number of H-pyrrole nitrogens is 1. The molecular formula is C18H20FN4O2+. The van der Waals surface area contributed by atoms with Crippen LogP contribution in [0.5, 0.6) is 0 Å². The van der Waals surface area contributed by atoms with Crippen LogP contribution in [0.15, 0.2) is 48.8 Å². The average Bonchev–Trinajstić information content (AvgIpc) is 2.67. The number of carbonyl (C=O) groups is 2. The van der Waals surface area contributed by atoms with E-state index in [1.54, 1.807) is 11.0 Å². The normalized spacial score (nSPS) is 14.3. The number of amides is 2. The van der Waals surface area contributed by atoms with Crippen molar-refractivity contribution in [2.45, 2.75) is 0 Å². The summed E-state index contributed by atoms with van der Waals surface area (Å²) in [5.41, 5.74) is 1.06. The lowest BCUT2D eigenvalue weighted by Crippen LogP contribution is -2.51. The zero-order valence-electron chi connectivity index (χ0n) is 13.7. The zero-order valence-corrected chi connectivity index (χ0v) is 13.7. The molecule has 1 saturated heterocycles. The molecule has 25 heavy (non-hydrogen) atoms. The fourth-order valence-electron chi connectivity index (χ4n) is 2.81. The number of benzene rings is 1. The van der Waals surface area contributed by atoms with Crippen LogP contribution in [0.4, 0.5) is 10.1 Å². The van der Waals surface area contributed by atoms with Gasteiger partial charge in [-0.2, -0.15) is 0 Å². The number of nitrogens with one attached hydrogen (secondary N) is 2. The van der Waals surface area contributed by atoms with E-state index in [1.807, 2.05) is 24.5 Å². The predicted molar refractivity (Wildman–Crippen MR) is 90.5 cm³/mol. The summed E-state index contributed by atoms with van der Waals surface area (Å²) in [5.74, 6) is -1.34. The number of aromatic amines is 1. The summed E-state index contributed by atoms with van der Waals surface area (Å²) < 4.78 is 13.6. The molecule has 2 amide bonds. The van der Waals surface area contributed by atoms with Crippen molar-refractivity contribution >= 4 is 17.5 Å². The second kappa shape index (κ2) is 7.74. The number of hydrogen-bond acceptors (Lipinski definition) is 3. The molecular weight excluding hydrogens is 323 g/mol. The molecule has 1 aromatic heterocycles. The fourth-order valence-corrected chi connectivity index (χ4v) is 2.81. The predicted octanol–water partition coefficient (Wildman–Crippen LogP) is 0.718. The third-order valence-electron chi connectivity index (χ3n) is 4.22. The highest BCUT2D eigenvalue weighted by molar-refractivity contribution is 5.96. The topological polar surface area (TPSA) is 66.8 Å². The van der Waals surface area contributed by atoms with Crippen LogP contribution in [0.2, 0.25) is 0 Å². The van der Waals surface area contributed by atoms with E-state index >= 15 is 0 Å². The monoisotopic (exact) mass is 343 g/mol. The van der Waals surface area contributed by atoms with E-state index in [4.69, 9.17) is 0 Å². The largest absolute Gasteiger partial charge is 0.368 e. The van der Waals surface area contributed by atoms with E-state index < -0.39 is 11.7 Å². The SMILES string of the molecule is O=C(NCC(=O)N1CCN(c2cc[nH+]cc2)CC1)c1ccccc1F. The van der Waals surface area contributed by atoms with Gasteiger partial charge >= 0.3 is 0 Å². The van der Waals surface area contributed by atoms with Crippen LogP contribution in [-0.4, -0.2) is 49.4 Å². The molecule has 1 aliphatic rings. The van der Waals surface area contributed by atoms with Crippen molar-refractivity contribution in [2.75, 3.05) is 37.6 Å². The van der Waals surface area contributed by atoms with Crippen molar-refractivity contribution in [2.24, 2.45) is 0 Å². The van der Waals surface area contributed by atoms with E-state index in [9.17, 15) is 14.0 Å². The molecule has 1 aromatic carbocycles. The van der Waals surface area contributed by atoms with Gasteiger partial charge in [0.2, 0.25) is 5.91 Å². The highest BCUT2D eigenvalue weighted by Crippen LogP contribution is 2.14. The highest BCUT2D eigenvalue weighted by Gasteiger charge is 2.22. The number of rotatable bonds is 4. The fraction of sp³-hybridized carbons (Fsp3) is 0.278. The number of nitrogens with zero attached hydrogens (tertiary/aromatic N) is 2. The Labute approximate surface area is 145 Å². The van der Waals surface area contributed by atoms with Crippen LogP contribution in [0.25, 0.3) is 0 Å². The van der Waals surface area contributed by atoms with Gasteiger partial charge in [-0.25, -0.2) is 9.37 Å². The first-order chi connectivity index (χ1) is 12.1. The van der Waals surface area contributed by atoms with Crippen molar-refractivity contribution in [3.05, 3.63) is 60.2 Å². The third-order valence-corrected chi connectivity index (χ3v) is 4.22. The van der Waals surface area contributed by atoms with E-state index in [2.05, 4.69) is 15.2 Å². The van der Waals surface area contributed by atoms with Crippen molar-refractivity contribution in [3.8, 4) is 0 Å². The summed E-state index contributed by atoms with van der Waals surface area (Å²) in [6.45, 7) is 2.52. The molecule has 0 aliphatic carbocycles. The van der Waals surface area contributed by atoms with E-state index in [0.29, 0.717) is 13.1 Å². The number of piperazine rings is 1. The third kappa shape index (κ3) is 4.12. The van der Waals surface area contributed by atoms with Gasteiger partial charge in [0, 0.05) is 44.0 Å². The van der Waals surface area contributed by atoms with Gasteiger partial charge in [-0.3, -0.25) is 9.59 Å². The standard InChI is InChI=1S/C18H19FN4O2/c19-16-4-2-1-3-15(16)18(25)21-13-17(24)23-11-9-22(10-12-23)14-5-7-20-8-6-14/h1-8H,9-13H2,(H,21,25)/p+1. The Hall–Kier alpha value is -2.96. The quantitative estimate of drug-likeness (QED) is 0.889. The van der Waals surface area contributed by atoms with Crippen molar-refractivity contribution in [3.63, 3.8) is 0 Å². The maximum Gasteiger partial charge on any atom is 0.254 e. The summed E-state index contributed by atoms with van der Waals surface area (Å²) in [7, 11) is 0. The summed E-state index contributed by atoms with van der Waals surface area (Å²) in [6, 6.07) is 9.70. The summed E-state index contributed by atoms with van der Waals surface area (Å²) in [4.78, 5) is 31.1. The minimum atomic E-state index is -0.596. The van der Waals surface area contributed by atoms with E-state index in [1.165, 1.54) is 18.2 Å². The molecule has 2 heterocycles. The number of aromatic nitrogens is 1. The Bertz CT molecular complexity index is 746. The number of anilines is 1. The van der Waals surface area contributed by atoms with Gasteiger partial charge in [0.1, 0.15) is 5.82 Å². The summed E-state index contributed by atoms with van der Waals surface area (Å²) in [6.07, 6.45) is 3.73. The van der Waals surface area contributed by atoms with Gasteiger partial charge in [-0.15, -0.1) is 0 Å². The molecule has 130 valence electrons. The maximum absolute atomic E-state index is 13.6. The van der Waals surface area contributed by atoms with Crippen LogP contribution in [0.3, 0.4) is 0 Å². The lowest BCUT2D eigenvalue weighted by Gasteiger charge is -2.35. The first kappa shape index (κ1) is 16.9. The molecule has 2 aromatic rings. The number of carbonyl (C=O) groups excluding carboxylic acids is 2. The molecule has 0 unspecified atom stereocenters. The second-order valence-corrected chi connectivity index (χ2v) is 5.79. The van der Waals surface area contributed by atoms with Crippen molar-refractivity contribution in [1.82, 2.24) is 10.2 Å². The van der Waals surface area contributed by atoms with Crippen LogP contribution < -0.4 is 15.2 Å². The van der Waals surface area contributed by atoms with Gasteiger partial charge in [0.25, 0.3) is 5.91 Å². The summed E-state index contributed by atoms with van der Waals surface area (Å²) >= 11 is 0. The molecule has 0 radical (unpaired) electrons. The Balaban J connectivity index is 1.48. The molecule has 0 saturated carbocycles. The molecule has 2 N–H and O–H groups in total. The maximum atomic E-state index is 13.6. The van der Waals surface area contributed by atoms with Gasteiger partial charge in [0.05, 0.1) is 12.1 Å². The molecule has 6 nitrogen and oxygen atoms in total. The molecule has 3 rings (SSSR count). The highest BCUT2D eigenvalue weighted by atomic mass is 19.1. The molecule has 7 heteroatoms.